The minimum Gasteiger partial charge on any atom is -0.392 e. The molecule has 6 heteroatoms. The predicted octanol–water partition coefficient (Wildman–Crippen LogP) is -0.602. The van der Waals surface area contributed by atoms with Crippen LogP contribution in [0.2, 0.25) is 0 Å². The van der Waals surface area contributed by atoms with E-state index in [4.69, 9.17) is 0 Å². The van der Waals surface area contributed by atoms with Gasteiger partial charge in [-0.25, -0.2) is 5.10 Å². The number of aliphatic hydroxyl groups is 1. The molecule has 0 radical (unpaired) electrons. The maximum Gasteiger partial charge on any atom is 0.322 e. The molecule has 1 aromatic heterocycles. The number of aliphatic hydroxyl groups excluding tert-OH is 1. The maximum absolute atomic E-state index is 10.8. The Hall–Kier alpha value is -0.720. The molecule has 1 atom stereocenters. The molecular weight excluding hydrogens is 190 g/mol. The highest BCUT2D eigenvalue weighted by Crippen LogP contribution is 2.12. The van der Waals surface area contributed by atoms with Gasteiger partial charge in [0.05, 0.1) is 12.6 Å². The van der Waals surface area contributed by atoms with Crippen LogP contribution in [0.5, 0.6) is 0 Å². The summed E-state index contributed by atoms with van der Waals surface area (Å²) in [4.78, 5) is 12.7. The fraction of sp³-hybridized carbons (Fsp3) is 0.714. The molecule has 1 aliphatic rings. The molecule has 0 spiro atoms. The van der Waals surface area contributed by atoms with Crippen molar-refractivity contribution >= 4 is 11.3 Å². The fourth-order valence-corrected chi connectivity index (χ4v) is 2.12. The van der Waals surface area contributed by atoms with Crippen molar-refractivity contribution in [1.82, 2.24) is 15.1 Å². The molecule has 5 nitrogen and oxygen atoms in total. The summed E-state index contributed by atoms with van der Waals surface area (Å²) < 4.78 is 0. The van der Waals surface area contributed by atoms with E-state index in [1.165, 1.54) is 0 Å². The molecule has 1 aromatic rings. The Labute approximate surface area is 79.0 Å². The lowest BCUT2D eigenvalue weighted by atomic mass is 10.3. The Kier molecular flexibility index (Phi) is 2.43. The van der Waals surface area contributed by atoms with E-state index >= 15 is 0 Å². The van der Waals surface area contributed by atoms with Gasteiger partial charge in [-0.2, -0.15) is 5.10 Å². The van der Waals surface area contributed by atoms with Gasteiger partial charge in [-0.1, -0.05) is 11.3 Å². The van der Waals surface area contributed by atoms with Gasteiger partial charge in [0.1, 0.15) is 5.01 Å². The average Bonchev–Trinajstić information content (AvgIpc) is 2.62. The van der Waals surface area contributed by atoms with Crippen molar-refractivity contribution in [1.29, 1.82) is 0 Å². The molecule has 0 bridgehead atoms. The number of H-pyrrole nitrogens is 1. The lowest BCUT2D eigenvalue weighted by molar-refractivity contribution is 0.174. The zero-order valence-electron chi connectivity index (χ0n) is 7.06. The number of nitrogens with zero attached hydrogens (tertiary/aromatic N) is 2. The number of β-amino-alcohol motifs (C(OH)–C–C–N with tert-alkyl or cyclic N) is 1. The molecule has 1 saturated heterocycles. The monoisotopic (exact) mass is 201 g/mol. The molecular formula is C7H11N3O2S. The molecule has 0 saturated carbocycles. The summed E-state index contributed by atoms with van der Waals surface area (Å²) in [5, 5.41) is 16.3. The SMILES string of the molecule is O=c1[nH]nc(CN2CCC(O)C2)s1. The summed E-state index contributed by atoms with van der Waals surface area (Å²) in [5.74, 6) is 0. The van der Waals surface area contributed by atoms with Gasteiger partial charge >= 0.3 is 4.87 Å². The molecule has 2 heterocycles. The first-order valence-corrected chi connectivity index (χ1v) is 5.00. The highest BCUT2D eigenvalue weighted by atomic mass is 32.1. The number of aromatic nitrogens is 2. The number of rotatable bonds is 2. The lowest BCUT2D eigenvalue weighted by Gasteiger charge is -2.11. The first-order valence-electron chi connectivity index (χ1n) is 4.19. The van der Waals surface area contributed by atoms with Crippen molar-refractivity contribution in [2.24, 2.45) is 0 Å². The van der Waals surface area contributed by atoms with Gasteiger partial charge in [0.2, 0.25) is 0 Å². The summed E-state index contributed by atoms with van der Waals surface area (Å²) in [6, 6.07) is 0. The smallest absolute Gasteiger partial charge is 0.322 e. The van der Waals surface area contributed by atoms with Gasteiger partial charge in [-0.05, 0) is 6.42 Å². The van der Waals surface area contributed by atoms with Crippen molar-refractivity contribution in [3.05, 3.63) is 14.7 Å². The third-order valence-electron chi connectivity index (χ3n) is 2.09. The van der Waals surface area contributed by atoms with Crippen molar-refractivity contribution in [3.8, 4) is 0 Å². The van der Waals surface area contributed by atoms with Gasteiger partial charge in [0.15, 0.2) is 0 Å². The van der Waals surface area contributed by atoms with E-state index in [9.17, 15) is 9.90 Å². The number of nitrogens with one attached hydrogen (secondary N) is 1. The minimum atomic E-state index is -0.212. The molecule has 0 aromatic carbocycles. The Morgan fingerprint density at radius 2 is 2.62 bits per heavy atom. The number of aromatic amines is 1. The zero-order valence-corrected chi connectivity index (χ0v) is 7.88. The largest absolute Gasteiger partial charge is 0.392 e. The van der Waals surface area contributed by atoms with Crippen LogP contribution in [0.3, 0.4) is 0 Å². The molecule has 2 rings (SSSR count). The van der Waals surface area contributed by atoms with E-state index in [0.29, 0.717) is 13.1 Å². The summed E-state index contributed by atoms with van der Waals surface area (Å²) in [5.41, 5.74) is 0. The third kappa shape index (κ3) is 2.15. The summed E-state index contributed by atoms with van der Waals surface area (Å²) >= 11 is 1.13. The number of likely N-dealkylation sites (tertiary alicyclic amines) is 1. The Morgan fingerprint density at radius 1 is 1.77 bits per heavy atom. The average molecular weight is 201 g/mol. The second-order valence-corrected chi connectivity index (χ2v) is 4.23. The summed E-state index contributed by atoms with van der Waals surface area (Å²) in [7, 11) is 0. The minimum absolute atomic E-state index is 0.116. The van der Waals surface area contributed by atoms with Crippen LogP contribution >= 0.6 is 11.3 Å². The Bertz CT molecular complexity index is 334. The van der Waals surface area contributed by atoms with E-state index in [1.54, 1.807) is 0 Å². The van der Waals surface area contributed by atoms with E-state index in [-0.39, 0.29) is 11.0 Å². The van der Waals surface area contributed by atoms with E-state index in [1.807, 2.05) is 0 Å². The van der Waals surface area contributed by atoms with Crippen molar-refractivity contribution in [3.63, 3.8) is 0 Å². The van der Waals surface area contributed by atoms with Crippen LogP contribution in [-0.2, 0) is 6.54 Å². The molecule has 1 fully saturated rings. The molecule has 0 amide bonds. The highest BCUT2D eigenvalue weighted by Gasteiger charge is 2.20. The summed E-state index contributed by atoms with van der Waals surface area (Å²) in [6.07, 6.45) is 0.606. The zero-order chi connectivity index (χ0) is 9.26. The summed E-state index contributed by atoms with van der Waals surface area (Å²) in [6.45, 7) is 2.24. The number of hydrogen-bond acceptors (Lipinski definition) is 5. The maximum atomic E-state index is 10.8. The molecule has 1 unspecified atom stereocenters. The van der Waals surface area contributed by atoms with Gasteiger partial charge in [-0.15, -0.1) is 0 Å². The normalized spacial score (nSPS) is 23.9. The third-order valence-corrected chi connectivity index (χ3v) is 2.82. The molecule has 1 aliphatic heterocycles. The molecule has 0 aliphatic carbocycles. The van der Waals surface area contributed by atoms with Crippen LogP contribution in [0.25, 0.3) is 0 Å². The lowest BCUT2D eigenvalue weighted by Crippen LogP contribution is -2.21. The first kappa shape index (κ1) is 8.86. The highest BCUT2D eigenvalue weighted by molar-refractivity contribution is 7.08. The van der Waals surface area contributed by atoms with E-state index in [0.717, 1.165) is 29.3 Å². The van der Waals surface area contributed by atoms with E-state index in [2.05, 4.69) is 15.1 Å². The quantitative estimate of drug-likeness (QED) is 0.670. The van der Waals surface area contributed by atoms with Crippen LogP contribution in [-0.4, -0.2) is 39.4 Å². The fourth-order valence-electron chi connectivity index (χ4n) is 1.48. The predicted molar refractivity (Wildman–Crippen MR) is 48.6 cm³/mol. The van der Waals surface area contributed by atoms with E-state index < -0.39 is 0 Å². The second-order valence-electron chi connectivity index (χ2n) is 3.18. The van der Waals surface area contributed by atoms with Crippen LogP contribution in [0.15, 0.2) is 4.79 Å². The van der Waals surface area contributed by atoms with Gasteiger partial charge in [-0.3, -0.25) is 9.69 Å². The van der Waals surface area contributed by atoms with Crippen molar-refractivity contribution < 1.29 is 5.11 Å². The van der Waals surface area contributed by atoms with Crippen LogP contribution < -0.4 is 4.87 Å². The standard InChI is InChI=1S/C7H11N3O2S/c11-5-1-2-10(3-5)4-6-8-9-7(12)13-6/h5,11H,1-4H2,(H,9,12). The Balaban J connectivity index is 1.95. The van der Waals surface area contributed by atoms with Crippen molar-refractivity contribution in [2.45, 2.75) is 19.1 Å². The molecule has 13 heavy (non-hydrogen) atoms. The van der Waals surface area contributed by atoms with Crippen molar-refractivity contribution in [2.75, 3.05) is 13.1 Å². The van der Waals surface area contributed by atoms with Crippen LogP contribution in [0, 0.1) is 0 Å². The second kappa shape index (κ2) is 3.57. The van der Waals surface area contributed by atoms with Crippen LogP contribution in [0.4, 0.5) is 0 Å². The Morgan fingerprint density at radius 3 is 3.15 bits per heavy atom. The van der Waals surface area contributed by atoms with Gasteiger partial charge in [0, 0.05) is 13.1 Å². The van der Waals surface area contributed by atoms with Gasteiger partial charge in [0.25, 0.3) is 0 Å². The first-order chi connectivity index (χ1) is 6.24. The topological polar surface area (TPSA) is 69.2 Å². The van der Waals surface area contributed by atoms with Gasteiger partial charge < -0.3 is 5.11 Å². The molecule has 2 N–H and O–H groups in total. The molecule has 72 valence electrons. The van der Waals surface area contributed by atoms with Crippen LogP contribution in [0.1, 0.15) is 11.4 Å². The number of hydrogen-bond donors (Lipinski definition) is 2.